The van der Waals surface area contributed by atoms with Crippen LogP contribution in [0.4, 0.5) is 0 Å². The van der Waals surface area contributed by atoms with Crippen LogP contribution < -0.4 is 0 Å². The summed E-state index contributed by atoms with van der Waals surface area (Å²) >= 11 is 5.54. The predicted octanol–water partition coefficient (Wildman–Crippen LogP) is 2.65. The van der Waals surface area contributed by atoms with Crippen molar-refractivity contribution in [2.24, 2.45) is 0 Å². The summed E-state index contributed by atoms with van der Waals surface area (Å²) in [5, 5.41) is 0. The fourth-order valence-electron chi connectivity index (χ4n) is 1.52. The first kappa shape index (κ1) is 12.8. The number of amides is 1. The molecule has 0 spiro atoms. The summed E-state index contributed by atoms with van der Waals surface area (Å²) in [7, 11) is 0. The molecule has 0 saturated carbocycles. The third-order valence-electron chi connectivity index (χ3n) is 1.92. The van der Waals surface area contributed by atoms with Crippen molar-refractivity contribution in [2.45, 2.75) is 52.6 Å². The Kier molecular flexibility index (Phi) is 6.13. The van der Waals surface area contributed by atoms with E-state index < -0.39 is 0 Å². The molecule has 0 aromatic heterocycles. The van der Waals surface area contributed by atoms with Gasteiger partial charge in [-0.15, -0.1) is 11.6 Å². The highest BCUT2D eigenvalue weighted by atomic mass is 35.5. The number of carbonyl (C=O) groups is 1. The second-order valence-corrected chi connectivity index (χ2v) is 4.16. The maximum absolute atomic E-state index is 11.7. The lowest BCUT2D eigenvalue weighted by molar-refractivity contribution is -0.134. The third-order valence-corrected chi connectivity index (χ3v) is 2.19. The zero-order chi connectivity index (χ0) is 10.4. The zero-order valence-corrected chi connectivity index (χ0v) is 9.77. The average molecular weight is 206 g/mol. The highest BCUT2D eigenvalue weighted by molar-refractivity contribution is 6.17. The minimum absolute atomic E-state index is 0.214. The van der Waals surface area contributed by atoms with Gasteiger partial charge in [-0.3, -0.25) is 4.79 Å². The van der Waals surface area contributed by atoms with E-state index in [9.17, 15) is 4.79 Å². The van der Waals surface area contributed by atoms with Crippen molar-refractivity contribution in [2.75, 3.05) is 5.88 Å². The summed E-state index contributed by atoms with van der Waals surface area (Å²) in [5.74, 6) is 0.779. The molecule has 0 N–H and O–H groups in total. The van der Waals surface area contributed by atoms with Crippen molar-refractivity contribution in [3.05, 3.63) is 0 Å². The van der Waals surface area contributed by atoms with Gasteiger partial charge < -0.3 is 4.90 Å². The number of rotatable bonds is 5. The van der Waals surface area contributed by atoms with Crippen molar-refractivity contribution in [3.8, 4) is 0 Å². The number of hydrogen-bond donors (Lipinski definition) is 0. The molecule has 78 valence electrons. The highest BCUT2D eigenvalue weighted by Gasteiger charge is 2.18. The standard InChI is InChI=1S/C10H20ClNO/c1-8(2)12(9(3)4)10(13)6-5-7-11/h8-9H,5-7H2,1-4H3. The summed E-state index contributed by atoms with van der Waals surface area (Å²) in [4.78, 5) is 13.6. The molecule has 1 amide bonds. The van der Waals surface area contributed by atoms with E-state index in [1.54, 1.807) is 0 Å². The van der Waals surface area contributed by atoms with Crippen LogP contribution in [0.2, 0.25) is 0 Å². The number of carbonyl (C=O) groups excluding carboxylic acids is 1. The Labute approximate surface area is 86.2 Å². The summed E-state index contributed by atoms with van der Waals surface area (Å²) < 4.78 is 0. The van der Waals surface area contributed by atoms with Gasteiger partial charge in [-0.25, -0.2) is 0 Å². The zero-order valence-electron chi connectivity index (χ0n) is 9.01. The average Bonchev–Trinajstić information content (AvgIpc) is 1.99. The Hall–Kier alpha value is -0.240. The Bertz CT molecular complexity index is 149. The molecule has 3 heteroatoms. The highest BCUT2D eigenvalue weighted by Crippen LogP contribution is 2.08. The molecule has 0 saturated heterocycles. The van der Waals surface area contributed by atoms with Crippen molar-refractivity contribution in [1.82, 2.24) is 4.90 Å². The third kappa shape index (κ3) is 4.51. The van der Waals surface area contributed by atoms with Gasteiger partial charge in [-0.05, 0) is 34.1 Å². The lowest BCUT2D eigenvalue weighted by Crippen LogP contribution is -2.41. The first-order valence-electron chi connectivity index (χ1n) is 4.87. The lowest BCUT2D eigenvalue weighted by Gasteiger charge is -2.30. The number of hydrogen-bond acceptors (Lipinski definition) is 1. The van der Waals surface area contributed by atoms with Gasteiger partial charge in [0.2, 0.25) is 5.91 Å². The summed E-state index contributed by atoms with van der Waals surface area (Å²) in [6, 6.07) is 0.561. The SMILES string of the molecule is CC(C)N(C(=O)CCCCl)C(C)C. The van der Waals surface area contributed by atoms with E-state index in [0.29, 0.717) is 12.3 Å². The Morgan fingerprint density at radius 2 is 1.69 bits per heavy atom. The smallest absolute Gasteiger partial charge is 0.223 e. The summed E-state index contributed by atoms with van der Waals surface area (Å²) in [6.07, 6.45) is 1.34. The largest absolute Gasteiger partial charge is 0.338 e. The topological polar surface area (TPSA) is 20.3 Å². The van der Waals surface area contributed by atoms with E-state index in [2.05, 4.69) is 0 Å². The molecule has 0 rings (SSSR count). The molecular weight excluding hydrogens is 186 g/mol. The summed E-state index contributed by atoms with van der Waals surface area (Å²) in [5.41, 5.74) is 0. The Balaban J connectivity index is 4.13. The van der Waals surface area contributed by atoms with Crippen LogP contribution in [0.1, 0.15) is 40.5 Å². The van der Waals surface area contributed by atoms with E-state index >= 15 is 0 Å². The molecule has 13 heavy (non-hydrogen) atoms. The minimum atomic E-state index is 0.214. The molecule has 2 nitrogen and oxygen atoms in total. The van der Waals surface area contributed by atoms with Crippen LogP contribution in [0.15, 0.2) is 0 Å². The van der Waals surface area contributed by atoms with Crippen LogP contribution in [0, 0.1) is 0 Å². The van der Waals surface area contributed by atoms with Gasteiger partial charge in [0.1, 0.15) is 0 Å². The molecule has 0 aliphatic rings. The van der Waals surface area contributed by atoms with Gasteiger partial charge in [0.15, 0.2) is 0 Å². The van der Waals surface area contributed by atoms with Gasteiger partial charge in [-0.1, -0.05) is 0 Å². The lowest BCUT2D eigenvalue weighted by atomic mass is 10.2. The van der Waals surface area contributed by atoms with E-state index in [4.69, 9.17) is 11.6 Å². The van der Waals surface area contributed by atoms with E-state index in [-0.39, 0.29) is 18.0 Å². The molecule has 0 aliphatic carbocycles. The second-order valence-electron chi connectivity index (χ2n) is 3.78. The maximum atomic E-state index is 11.7. The monoisotopic (exact) mass is 205 g/mol. The first-order valence-corrected chi connectivity index (χ1v) is 5.41. The molecule has 0 fully saturated rings. The van der Waals surface area contributed by atoms with E-state index in [1.807, 2.05) is 32.6 Å². The van der Waals surface area contributed by atoms with Gasteiger partial charge in [-0.2, -0.15) is 0 Å². The Morgan fingerprint density at radius 1 is 1.23 bits per heavy atom. The maximum Gasteiger partial charge on any atom is 0.223 e. The van der Waals surface area contributed by atoms with Crippen LogP contribution in [-0.2, 0) is 4.79 Å². The molecule has 0 aliphatic heterocycles. The van der Waals surface area contributed by atoms with Crippen LogP contribution >= 0.6 is 11.6 Å². The van der Waals surface area contributed by atoms with Gasteiger partial charge >= 0.3 is 0 Å². The van der Waals surface area contributed by atoms with Gasteiger partial charge in [0, 0.05) is 24.4 Å². The van der Waals surface area contributed by atoms with Gasteiger partial charge in [0.25, 0.3) is 0 Å². The van der Waals surface area contributed by atoms with Crippen molar-refractivity contribution in [3.63, 3.8) is 0 Å². The fraction of sp³-hybridized carbons (Fsp3) is 0.900. The fourth-order valence-corrected chi connectivity index (χ4v) is 1.65. The van der Waals surface area contributed by atoms with E-state index in [0.717, 1.165) is 6.42 Å². The van der Waals surface area contributed by atoms with Crippen LogP contribution in [0.25, 0.3) is 0 Å². The minimum Gasteiger partial charge on any atom is -0.338 e. The molecular formula is C10H20ClNO. The first-order chi connectivity index (χ1) is 6.00. The van der Waals surface area contributed by atoms with Crippen LogP contribution in [0.3, 0.4) is 0 Å². The second kappa shape index (κ2) is 6.25. The number of nitrogens with zero attached hydrogens (tertiary/aromatic N) is 1. The Morgan fingerprint density at radius 3 is 2.00 bits per heavy atom. The van der Waals surface area contributed by atoms with Crippen molar-refractivity contribution >= 4 is 17.5 Å². The molecule has 0 unspecified atom stereocenters. The normalized spacial score (nSPS) is 11.0. The predicted molar refractivity (Wildman–Crippen MR) is 57.1 cm³/mol. The molecule has 0 heterocycles. The number of halogens is 1. The number of alkyl halides is 1. The van der Waals surface area contributed by atoms with Crippen molar-refractivity contribution < 1.29 is 4.79 Å². The quantitative estimate of drug-likeness (QED) is 0.632. The molecule has 0 aromatic rings. The molecule has 0 bridgehead atoms. The van der Waals surface area contributed by atoms with Crippen LogP contribution in [0.5, 0.6) is 0 Å². The molecule has 0 radical (unpaired) electrons. The molecule has 0 atom stereocenters. The molecule has 0 aromatic carbocycles. The summed E-state index contributed by atoms with van der Waals surface area (Å²) in [6.45, 7) is 8.16. The van der Waals surface area contributed by atoms with E-state index in [1.165, 1.54) is 0 Å². The van der Waals surface area contributed by atoms with Crippen LogP contribution in [-0.4, -0.2) is 28.8 Å². The van der Waals surface area contributed by atoms with Gasteiger partial charge in [0.05, 0.1) is 0 Å². The van der Waals surface area contributed by atoms with Crippen molar-refractivity contribution in [1.29, 1.82) is 0 Å².